The van der Waals surface area contributed by atoms with Gasteiger partial charge in [0.15, 0.2) is 11.5 Å². The highest BCUT2D eigenvalue weighted by Gasteiger charge is 2.12. The van der Waals surface area contributed by atoms with Crippen LogP contribution in [0.15, 0.2) is 48.7 Å². The number of hydrogen-bond acceptors (Lipinski definition) is 6. The molecule has 0 unspecified atom stereocenters. The highest BCUT2D eigenvalue weighted by Crippen LogP contribution is 2.32. The van der Waals surface area contributed by atoms with Gasteiger partial charge in [-0.1, -0.05) is 30.3 Å². The Morgan fingerprint density at radius 1 is 1.00 bits per heavy atom. The highest BCUT2D eigenvalue weighted by atomic mass is 16.5. The lowest BCUT2D eigenvalue weighted by Gasteiger charge is -2.15. The largest absolute Gasteiger partial charge is 0.493 e. The minimum Gasteiger partial charge on any atom is -0.493 e. The van der Waals surface area contributed by atoms with Gasteiger partial charge in [-0.15, -0.1) is 0 Å². The number of aryl methyl sites for hydroxylation is 1. The average Bonchev–Trinajstić information content (AvgIpc) is 2.64. The lowest BCUT2D eigenvalue weighted by atomic mass is 10.0. The second kappa shape index (κ2) is 7.74. The number of benzene rings is 2. The molecule has 0 amide bonds. The van der Waals surface area contributed by atoms with E-state index in [9.17, 15) is 0 Å². The maximum absolute atomic E-state index is 5.99. The molecule has 0 bridgehead atoms. The summed E-state index contributed by atoms with van der Waals surface area (Å²) in [5.41, 5.74) is 15.6. The molecule has 0 spiro atoms. The Kier molecular flexibility index (Phi) is 5.22. The summed E-state index contributed by atoms with van der Waals surface area (Å²) in [6.45, 7) is 2.49. The Bertz CT molecular complexity index is 898. The molecule has 4 N–H and O–H groups in total. The SMILES string of the molecule is COc1cc(C)c(Cc2cnc(N)nc2N)cc1OCc1ccccc1. The first-order valence-electron chi connectivity index (χ1n) is 8.28. The van der Waals surface area contributed by atoms with Crippen LogP contribution in [0.2, 0.25) is 0 Å². The van der Waals surface area contributed by atoms with Crippen LogP contribution in [0, 0.1) is 6.92 Å². The van der Waals surface area contributed by atoms with Crippen LogP contribution in [-0.4, -0.2) is 17.1 Å². The third kappa shape index (κ3) is 4.03. The van der Waals surface area contributed by atoms with Crippen LogP contribution >= 0.6 is 0 Å². The molecule has 6 heteroatoms. The van der Waals surface area contributed by atoms with Gasteiger partial charge in [-0.25, -0.2) is 4.98 Å². The first-order chi connectivity index (χ1) is 12.6. The van der Waals surface area contributed by atoms with Crippen LogP contribution in [0.1, 0.15) is 22.3 Å². The molecule has 26 heavy (non-hydrogen) atoms. The van der Waals surface area contributed by atoms with Crippen LogP contribution in [-0.2, 0) is 13.0 Å². The zero-order chi connectivity index (χ0) is 18.5. The standard InChI is InChI=1S/C20H22N4O2/c1-13-8-17(25-2)18(26-12-14-6-4-3-5-7-14)10-15(13)9-16-11-23-20(22)24-19(16)21/h3-8,10-11H,9,12H2,1-2H3,(H4,21,22,23,24). The normalized spacial score (nSPS) is 10.5. The number of anilines is 2. The van der Waals surface area contributed by atoms with E-state index in [1.807, 2.05) is 49.4 Å². The van der Waals surface area contributed by atoms with Gasteiger partial charge in [0.05, 0.1) is 7.11 Å². The van der Waals surface area contributed by atoms with E-state index < -0.39 is 0 Å². The summed E-state index contributed by atoms with van der Waals surface area (Å²) >= 11 is 0. The van der Waals surface area contributed by atoms with Crippen molar-refractivity contribution >= 4 is 11.8 Å². The lowest BCUT2D eigenvalue weighted by Crippen LogP contribution is -2.05. The molecule has 1 heterocycles. The van der Waals surface area contributed by atoms with E-state index in [0.717, 1.165) is 22.3 Å². The Morgan fingerprint density at radius 3 is 2.46 bits per heavy atom. The van der Waals surface area contributed by atoms with Crippen molar-refractivity contribution in [3.05, 3.63) is 70.9 Å². The predicted octanol–water partition coefficient (Wildman–Crippen LogP) is 3.13. The summed E-state index contributed by atoms with van der Waals surface area (Å²) in [6, 6.07) is 13.9. The molecule has 0 radical (unpaired) electrons. The third-order valence-electron chi connectivity index (χ3n) is 4.16. The topological polar surface area (TPSA) is 96.3 Å². The van der Waals surface area contributed by atoms with Crippen LogP contribution in [0.5, 0.6) is 11.5 Å². The molecule has 2 aromatic carbocycles. The van der Waals surface area contributed by atoms with E-state index in [2.05, 4.69) is 9.97 Å². The van der Waals surface area contributed by atoms with Gasteiger partial charge < -0.3 is 20.9 Å². The van der Waals surface area contributed by atoms with E-state index in [1.165, 1.54) is 0 Å². The number of nitrogens with zero attached hydrogens (tertiary/aromatic N) is 2. The van der Waals surface area contributed by atoms with Crippen molar-refractivity contribution in [1.29, 1.82) is 0 Å². The smallest absolute Gasteiger partial charge is 0.221 e. The van der Waals surface area contributed by atoms with Gasteiger partial charge in [-0.2, -0.15) is 4.98 Å². The monoisotopic (exact) mass is 350 g/mol. The molecule has 3 aromatic rings. The molecule has 1 aromatic heterocycles. The summed E-state index contributed by atoms with van der Waals surface area (Å²) in [6.07, 6.45) is 2.25. The predicted molar refractivity (Wildman–Crippen MR) is 102 cm³/mol. The number of methoxy groups -OCH3 is 1. The molecule has 0 saturated heterocycles. The molecular formula is C20H22N4O2. The van der Waals surface area contributed by atoms with Crippen LogP contribution in [0.4, 0.5) is 11.8 Å². The number of nitrogen functional groups attached to an aromatic ring is 2. The van der Waals surface area contributed by atoms with E-state index in [1.54, 1.807) is 13.3 Å². The van der Waals surface area contributed by atoms with Gasteiger partial charge >= 0.3 is 0 Å². The van der Waals surface area contributed by atoms with Gasteiger partial charge in [0.2, 0.25) is 5.95 Å². The molecule has 0 aliphatic heterocycles. The molecular weight excluding hydrogens is 328 g/mol. The summed E-state index contributed by atoms with van der Waals surface area (Å²) in [4.78, 5) is 8.05. The molecule has 3 rings (SSSR count). The fraction of sp³-hybridized carbons (Fsp3) is 0.200. The van der Waals surface area contributed by atoms with Crippen molar-refractivity contribution in [2.45, 2.75) is 20.0 Å². The van der Waals surface area contributed by atoms with Crippen molar-refractivity contribution in [3.63, 3.8) is 0 Å². The van der Waals surface area contributed by atoms with Crippen molar-refractivity contribution < 1.29 is 9.47 Å². The first kappa shape index (κ1) is 17.5. The summed E-state index contributed by atoms with van der Waals surface area (Å²) < 4.78 is 11.5. The summed E-state index contributed by atoms with van der Waals surface area (Å²) in [5.74, 6) is 1.94. The van der Waals surface area contributed by atoms with Gasteiger partial charge in [0, 0.05) is 18.2 Å². The van der Waals surface area contributed by atoms with Gasteiger partial charge in [0.1, 0.15) is 12.4 Å². The average molecular weight is 350 g/mol. The summed E-state index contributed by atoms with van der Waals surface area (Å²) in [5, 5.41) is 0. The van der Waals surface area contributed by atoms with Crippen LogP contribution in [0.25, 0.3) is 0 Å². The molecule has 0 aliphatic carbocycles. The molecule has 0 fully saturated rings. The second-order valence-electron chi connectivity index (χ2n) is 6.02. The fourth-order valence-electron chi connectivity index (χ4n) is 2.68. The van der Waals surface area contributed by atoms with Crippen LogP contribution in [0.3, 0.4) is 0 Å². The van der Waals surface area contributed by atoms with Crippen molar-refractivity contribution in [2.75, 3.05) is 18.6 Å². The highest BCUT2D eigenvalue weighted by molar-refractivity contribution is 5.51. The number of aromatic nitrogens is 2. The second-order valence-corrected chi connectivity index (χ2v) is 6.02. The Morgan fingerprint density at radius 2 is 1.77 bits per heavy atom. The molecule has 0 aliphatic rings. The Balaban J connectivity index is 1.86. The zero-order valence-corrected chi connectivity index (χ0v) is 14.9. The third-order valence-corrected chi connectivity index (χ3v) is 4.16. The maximum Gasteiger partial charge on any atom is 0.221 e. The van der Waals surface area contributed by atoms with Crippen LogP contribution < -0.4 is 20.9 Å². The Hall–Kier alpha value is -3.28. The van der Waals surface area contributed by atoms with Crippen molar-refractivity contribution in [1.82, 2.24) is 9.97 Å². The minimum absolute atomic E-state index is 0.171. The number of nitrogens with two attached hydrogens (primary N) is 2. The first-order valence-corrected chi connectivity index (χ1v) is 8.28. The quantitative estimate of drug-likeness (QED) is 0.709. The molecule has 6 nitrogen and oxygen atoms in total. The number of rotatable bonds is 6. The zero-order valence-electron chi connectivity index (χ0n) is 14.9. The fourth-order valence-corrected chi connectivity index (χ4v) is 2.68. The van der Waals surface area contributed by atoms with E-state index in [4.69, 9.17) is 20.9 Å². The van der Waals surface area contributed by atoms with Gasteiger partial charge in [0.25, 0.3) is 0 Å². The van der Waals surface area contributed by atoms with E-state index >= 15 is 0 Å². The number of hydrogen-bond donors (Lipinski definition) is 2. The van der Waals surface area contributed by atoms with Gasteiger partial charge in [-0.05, 0) is 35.7 Å². The maximum atomic E-state index is 5.99. The minimum atomic E-state index is 0.171. The van der Waals surface area contributed by atoms with Crippen molar-refractivity contribution in [3.8, 4) is 11.5 Å². The van der Waals surface area contributed by atoms with E-state index in [0.29, 0.717) is 30.3 Å². The lowest BCUT2D eigenvalue weighted by molar-refractivity contribution is 0.284. The van der Waals surface area contributed by atoms with Crippen molar-refractivity contribution in [2.24, 2.45) is 0 Å². The molecule has 0 atom stereocenters. The molecule has 134 valence electrons. The number of ether oxygens (including phenoxy) is 2. The van der Waals surface area contributed by atoms with Gasteiger partial charge in [-0.3, -0.25) is 0 Å². The molecule has 0 saturated carbocycles. The summed E-state index contributed by atoms with van der Waals surface area (Å²) in [7, 11) is 1.63. The Labute approximate surface area is 152 Å². The van der Waals surface area contributed by atoms with E-state index in [-0.39, 0.29) is 5.95 Å².